The summed E-state index contributed by atoms with van der Waals surface area (Å²) in [6.07, 6.45) is -0.559. The van der Waals surface area contributed by atoms with Crippen molar-refractivity contribution in [3.05, 3.63) is 137 Å². The molecule has 0 aliphatic carbocycles. The summed E-state index contributed by atoms with van der Waals surface area (Å²) in [5, 5.41) is 13.2. The van der Waals surface area contributed by atoms with E-state index in [9.17, 15) is 14.7 Å². The number of rotatable bonds is 7. The molecular weight excluding hydrogens is 398 g/mol. The van der Waals surface area contributed by atoms with E-state index in [4.69, 9.17) is 0 Å². The molecule has 32 heavy (non-hydrogen) atoms. The van der Waals surface area contributed by atoms with Gasteiger partial charge in [0.2, 0.25) is 0 Å². The largest absolute Gasteiger partial charge is 0.380 e. The van der Waals surface area contributed by atoms with Crippen molar-refractivity contribution in [3.63, 3.8) is 0 Å². The lowest BCUT2D eigenvalue weighted by molar-refractivity contribution is 0.0747. The van der Waals surface area contributed by atoms with Crippen LogP contribution >= 0.6 is 0 Å². The quantitative estimate of drug-likeness (QED) is 0.390. The van der Waals surface area contributed by atoms with Crippen LogP contribution in [0, 0.1) is 0 Å². The molecule has 0 aliphatic heterocycles. The Morgan fingerprint density at radius 1 is 0.719 bits per heavy atom. The lowest BCUT2D eigenvalue weighted by atomic mass is 9.99. The zero-order chi connectivity index (χ0) is 22.3. The summed E-state index contributed by atoms with van der Waals surface area (Å²) in [7, 11) is 0. The summed E-state index contributed by atoms with van der Waals surface area (Å²) >= 11 is 0. The summed E-state index contributed by atoms with van der Waals surface area (Å²) in [4.78, 5) is 25.5. The molecule has 0 spiro atoms. The van der Waals surface area contributed by atoms with Gasteiger partial charge in [-0.25, -0.2) is 0 Å². The van der Waals surface area contributed by atoms with Crippen LogP contribution in [0.4, 0.5) is 5.69 Å². The van der Waals surface area contributed by atoms with Crippen LogP contribution in [0.3, 0.4) is 0 Å². The van der Waals surface area contributed by atoms with Crippen molar-refractivity contribution in [2.24, 2.45) is 0 Å². The predicted molar refractivity (Wildman–Crippen MR) is 126 cm³/mol. The maximum absolute atomic E-state index is 12.9. The van der Waals surface area contributed by atoms with Gasteiger partial charge in [0.25, 0.3) is 5.91 Å². The predicted octanol–water partition coefficient (Wildman–Crippen LogP) is 5.45. The molecule has 1 amide bonds. The monoisotopic (exact) mass is 421 g/mol. The van der Waals surface area contributed by atoms with E-state index in [-0.39, 0.29) is 11.7 Å². The van der Waals surface area contributed by atoms with Crippen LogP contribution in [0.15, 0.2) is 109 Å². The molecule has 0 saturated heterocycles. The zero-order valence-corrected chi connectivity index (χ0v) is 17.4. The van der Waals surface area contributed by atoms with Gasteiger partial charge in [0.05, 0.1) is 0 Å². The SMILES string of the molecule is O=C(Nc1ccc(C(=O)C(O)c2ccccc2)cc1)c1ccccc1Cc1ccccc1. The second-order valence-electron chi connectivity index (χ2n) is 7.53. The summed E-state index contributed by atoms with van der Waals surface area (Å²) in [6.45, 7) is 0. The van der Waals surface area contributed by atoms with Crippen LogP contribution in [0.2, 0.25) is 0 Å². The first-order valence-corrected chi connectivity index (χ1v) is 10.4. The Bertz CT molecular complexity index is 1200. The van der Waals surface area contributed by atoms with Crippen molar-refractivity contribution in [1.82, 2.24) is 0 Å². The molecule has 0 bridgehead atoms. The minimum Gasteiger partial charge on any atom is -0.380 e. The molecule has 158 valence electrons. The summed E-state index contributed by atoms with van der Waals surface area (Å²) in [6, 6.07) is 32.9. The van der Waals surface area contributed by atoms with Crippen molar-refractivity contribution in [2.75, 3.05) is 5.32 Å². The van der Waals surface area contributed by atoms with Gasteiger partial charge in [-0.2, -0.15) is 0 Å². The van der Waals surface area contributed by atoms with Crippen molar-refractivity contribution >= 4 is 17.4 Å². The number of ketones is 1. The van der Waals surface area contributed by atoms with Crippen LogP contribution in [-0.2, 0) is 6.42 Å². The van der Waals surface area contributed by atoms with Crippen LogP contribution in [0.5, 0.6) is 0 Å². The molecule has 0 heterocycles. The molecule has 4 rings (SSSR count). The second-order valence-corrected chi connectivity index (χ2v) is 7.53. The van der Waals surface area contributed by atoms with Crippen LogP contribution < -0.4 is 5.32 Å². The Labute approximate surface area is 187 Å². The number of hydrogen-bond acceptors (Lipinski definition) is 3. The van der Waals surface area contributed by atoms with Gasteiger partial charge < -0.3 is 10.4 Å². The van der Waals surface area contributed by atoms with E-state index in [1.807, 2.05) is 60.7 Å². The van der Waals surface area contributed by atoms with E-state index in [1.165, 1.54) is 0 Å². The molecule has 4 nitrogen and oxygen atoms in total. The van der Waals surface area contributed by atoms with E-state index in [0.29, 0.717) is 28.8 Å². The Kier molecular flexibility index (Phi) is 6.54. The van der Waals surface area contributed by atoms with Crippen LogP contribution in [0.25, 0.3) is 0 Å². The molecule has 4 aromatic rings. The highest BCUT2D eigenvalue weighted by atomic mass is 16.3. The molecule has 2 N–H and O–H groups in total. The lowest BCUT2D eigenvalue weighted by Crippen LogP contribution is -2.15. The number of Topliss-reactive ketones (excluding diaryl/α,β-unsaturated/α-hetero) is 1. The van der Waals surface area contributed by atoms with Gasteiger partial charge in [-0.1, -0.05) is 78.9 Å². The van der Waals surface area contributed by atoms with Crippen molar-refractivity contribution in [3.8, 4) is 0 Å². The molecule has 0 fully saturated rings. The number of carbonyl (C=O) groups excluding carboxylic acids is 2. The van der Waals surface area contributed by atoms with Crippen LogP contribution in [0.1, 0.15) is 43.5 Å². The summed E-state index contributed by atoms with van der Waals surface area (Å²) in [5.41, 5.74) is 4.18. The number of aliphatic hydroxyl groups is 1. The second kappa shape index (κ2) is 9.86. The number of anilines is 1. The number of aliphatic hydroxyl groups excluding tert-OH is 1. The van der Waals surface area contributed by atoms with Gasteiger partial charge in [0.15, 0.2) is 5.78 Å². The van der Waals surface area contributed by atoms with Gasteiger partial charge in [-0.05, 0) is 53.4 Å². The lowest BCUT2D eigenvalue weighted by Gasteiger charge is -2.12. The smallest absolute Gasteiger partial charge is 0.255 e. The minimum atomic E-state index is -1.22. The van der Waals surface area contributed by atoms with Gasteiger partial charge in [0.1, 0.15) is 6.10 Å². The molecule has 0 aliphatic rings. The molecule has 0 radical (unpaired) electrons. The third kappa shape index (κ3) is 4.99. The zero-order valence-electron chi connectivity index (χ0n) is 17.4. The summed E-state index contributed by atoms with van der Waals surface area (Å²) < 4.78 is 0. The van der Waals surface area contributed by atoms with Gasteiger partial charge in [-0.15, -0.1) is 0 Å². The topological polar surface area (TPSA) is 66.4 Å². The van der Waals surface area contributed by atoms with Crippen LogP contribution in [-0.4, -0.2) is 16.8 Å². The van der Waals surface area contributed by atoms with E-state index in [0.717, 1.165) is 11.1 Å². The maximum Gasteiger partial charge on any atom is 0.255 e. The fourth-order valence-corrected chi connectivity index (χ4v) is 3.57. The minimum absolute atomic E-state index is 0.208. The highest BCUT2D eigenvalue weighted by Gasteiger charge is 2.19. The third-order valence-electron chi connectivity index (χ3n) is 5.29. The average Bonchev–Trinajstić information content (AvgIpc) is 2.85. The number of nitrogens with one attached hydrogen (secondary N) is 1. The fourth-order valence-electron chi connectivity index (χ4n) is 3.57. The number of amides is 1. The number of benzene rings is 4. The normalized spacial score (nSPS) is 11.5. The molecule has 0 aromatic heterocycles. The van der Waals surface area contributed by atoms with Crippen molar-refractivity contribution < 1.29 is 14.7 Å². The first-order chi connectivity index (χ1) is 15.6. The Hall–Kier alpha value is -4.02. The highest BCUT2D eigenvalue weighted by molar-refractivity contribution is 6.06. The van der Waals surface area contributed by atoms with E-state index in [1.54, 1.807) is 48.5 Å². The average molecular weight is 421 g/mol. The van der Waals surface area contributed by atoms with E-state index < -0.39 is 6.10 Å². The van der Waals surface area contributed by atoms with E-state index >= 15 is 0 Å². The Balaban J connectivity index is 1.46. The van der Waals surface area contributed by atoms with Crippen molar-refractivity contribution in [2.45, 2.75) is 12.5 Å². The fraction of sp³-hybridized carbons (Fsp3) is 0.0714. The van der Waals surface area contributed by atoms with Gasteiger partial charge >= 0.3 is 0 Å². The van der Waals surface area contributed by atoms with Gasteiger partial charge in [-0.3, -0.25) is 9.59 Å². The molecule has 1 atom stereocenters. The Morgan fingerprint density at radius 2 is 1.31 bits per heavy atom. The van der Waals surface area contributed by atoms with Crippen molar-refractivity contribution in [1.29, 1.82) is 0 Å². The molecule has 4 heteroatoms. The third-order valence-corrected chi connectivity index (χ3v) is 5.29. The number of hydrogen-bond donors (Lipinski definition) is 2. The molecular formula is C28H23NO3. The number of carbonyl (C=O) groups is 2. The standard InChI is InChI=1S/C28H23NO3/c30-26(21-11-5-2-6-12-21)27(31)22-15-17-24(18-16-22)29-28(32)25-14-8-7-13-23(25)19-20-9-3-1-4-10-20/h1-18,26,30H,19H2,(H,29,32). The molecule has 1 unspecified atom stereocenters. The maximum atomic E-state index is 12.9. The van der Waals surface area contributed by atoms with Gasteiger partial charge in [0, 0.05) is 16.8 Å². The summed E-state index contributed by atoms with van der Waals surface area (Å²) in [5.74, 6) is -0.595. The van der Waals surface area contributed by atoms with E-state index in [2.05, 4.69) is 5.32 Å². The molecule has 4 aromatic carbocycles. The first-order valence-electron chi connectivity index (χ1n) is 10.4. The highest BCUT2D eigenvalue weighted by Crippen LogP contribution is 2.21. The first kappa shape index (κ1) is 21.2. The Morgan fingerprint density at radius 3 is 2.00 bits per heavy atom. The molecule has 0 saturated carbocycles.